The molecule has 0 fully saturated rings. The van der Waals surface area contributed by atoms with Crippen LogP contribution in [0.4, 0.5) is 34.6 Å². The van der Waals surface area contributed by atoms with Gasteiger partial charge in [0.1, 0.15) is 5.82 Å². The number of halogens is 4. The van der Waals surface area contributed by atoms with E-state index in [1.54, 1.807) is 13.0 Å². The summed E-state index contributed by atoms with van der Waals surface area (Å²) in [5.41, 5.74) is -0.332. The van der Waals surface area contributed by atoms with Crippen LogP contribution in [0.25, 0.3) is 5.57 Å². The average molecular weight is 422 g/mol. The molecule has 5 nitrogen and oxygen atoms in total. The second kappa shape index (κ2) is 8.35. The molecule has 3 N–H and O–H groups in total. The number of amides is 1. The van der Waals surface area contributed by atoms with Crippen LogP contribution in [0.15, 0.2) is 42.6 Å². The summed E-state index contributed by atoms with van der Waals surface area (Å²) in [6.45, 7) is 2.35. The predicted molar refractivity (Wildman–Crippen MR) is 110 cm³/mol. The highest BCUT2D eigenvalue weighted by atomic mass is 19.4. The van der Waals surface area contributed by atoms with Gasteiger partial charge in [0.2, 0.25) is 0 Å². The first-order valence-corrected chi connectivity index (χ1v) is 9.25. The molecule has 0 aromatic heterocycles. The monoisotopic (exact) mass is 422 g/mol. The molecule has 0 radical (unpaired) electrons. The van der Waals surface area contributed by atoms with Crippen molar-refractivity contribution in [3.05, 3.63) is 59.5 Å². The molecule has 1 aliphatic heterocycles. The summed E-state index contributed by atoms with van der Waals surface area (Å²) in [7, 11) is 3.67. The van der Waals surface area contributed by atoms with Crippen LogP contribution in [0.2, 0.25) is 0 Å². The Morgan fingerprint density at radius 2 is 1.93 bits per heavy atom. The lowest BCUT2D eigenvalue weighted by Crippen LogP contribution is -2.30. The van der Waals surface area contributed by atoms with Gasteiger partial charge in [-0.15, -0.1) is 0 Å². The lowest BCUT2D eigenvalue weighted by Gasteiger charge is -2.22. The van der Waals surface area contributed by atoms with Crippen molar-refractivity contribution in [1.29, 1.82) is 0 Å². The number of hydrogen-bond acceptors (Lipinski definition) is 4. The van der Waals surface area contributed by atoms with Crippen molar-refractivity contribution in [3.63, 3.8) is 0 Å². The number of nitrogens with zero attached hydrogens (tertiary/aromatic N) is 1. The van der Waals surface area contributed by atoms with Crippen LogP contribution in [-0.2, 0) is 11.0 Å². The van der Waals surface area contributed by atoms with Gasteiger partial charge in [-0.05, 0) is 51.4 Å². The van der Waals surface area contributed by atoms with Gasteiger partial charge in [0.05, 0.1) is 16.8 Å². The number of carbonyl (C=O) groups is 1. The Bertz CT molecular complexity index is 985. The van der Waals surface area contributed by atoms with Crippen molar-refractivity contribution in [2.24, 2.45) is 0 Å². The van der Waals surface area contributed by atoms with Crippen LogP contribution >= 0.6 is 0 Å². The van der Waals surface area contributed by atoms with Crippen LogP contribution < -0.4 is 16.0 Å². The van der Waals surface area contributed by atoms with Crippen LogP contribution in [-0.4, -0.2) is 37.5 Å². The molecule has 0 saturated heterocycles. The van der Waals surface area contributed by atoms with E-state index in [1.807, 2.05) is 19.0 Å². The zero-order chi connectivity index (χ0) is 22.1. The maximum atomic E-state index is 14.1. The molecule has 1 atom stereocenters. The molecule has 0 spiro atoms. The molecular weight excluding hydrogens is 400 g/mol. The maximum Gasteiger partial charge on any atom is 0.418 e. The SMILES string of the molecule is CC(CN(C)C)Nc1ccc(NC=C2C(=O)Nc3cccc(F)c32)cc1C(F)(F)F. The molecule has 1 amide bonds. The van der Waals surface area contributed by atoms with Crippen molar-refractivity contribution in [3.8, 4) is 0 Å². The molecule has 3 rings (SSSR count). The van der Waals surface area contributed by atoms with E-state index in [9.17, 15) is 22.4 Å². The second-order valence-electron chi connectivity index (χ2n) is 7.38. The minimum absolute atomic E-state index is 0.0125. The summed E-state index contributed by atoms with van der Waals surface area (Å²) in [6.07, 6.45) is -3.37. The summed E-state index contributed by atoms with van der Waals surface area (Å²) in [4.78, 5) is 14.0. The van der Waals surface area contributed by atoms with E-state index in [-0.39, 0.29) is 28.6 Å². The van der Waals surface area contributed by atoms with E-state index in [0.29, 0.717) is 12.2 Å². The third-order valence-electron chi connectivity index (χ3n) is 4.52. The molecule has 0 aliphatic carbocycles. The molecule has 160 valence electrons. The number of rotatable bonds is 6. The van der Waals surface area contributed by atoms with Gasteiger partial charge in [-0.2, -0.15) is 13.2 Å². The maximum absolute atomic E-state index is 14.1. The summed E-state index contributed by atoms with van der Waals surface area (Å²) < 4.78 is 54.9. The number of carbonyl (C=O) groups excluding carboxylic acids is 1. The van der Waals surface area contributed by atoms with Crippen molar-refractivity contribution in [2.75, 3.05) is 36.6 Å². The van der Waals surface area contributed by atoms with E-state index in [4.69, 9.17) is 0 Å². The van der Waals surface area contributed by atoms with E-state index in [1.165, 1.54) is 30.5 Å². The van der Waals surface area contributed by atoms with Crippen molar-refractivity contribution in [1.82, 2.24) is 4.90 Å². The Kier molecular flexibility index (Phi) is 6.02. The normalized spacial score (nSPS) is 15.9. The Balaban J connectivity index is 1.88. The first-order chi connectivity index (χ1) is 14.1. The Hall–Kier alpha value is -3.07. The number of hydrogen-bond donors (Lipinski definition) is 3. The van der Waals surface area contributed by atoms with Gasteiger partial charge in [0.15, 0.2) is 0 Å². The third kappa shape index (κ3) is 4.73. The highest BCUT2D eigenvalue weighted by Gasteiger charge is 2.34. The minimum atomic E-state index is -4.57. The van der Waals surface area contributed by atoms with Crippen LogP contribution in [0.1, 0.15) is 18.1 Å². The van der Waals surface area contributed by atoms with Crippen molar-refractivity contribution >= 4 is 28.5 Å². The van der Waals surface area contributed by atoms with E-state index in [0.717, 1.165) is 6.07 Å². The lowest BCUT2D eigenvalue weighted by atomic mass is 10.1. The van der Waals surface area contributed by atoms with Gasteiger partial charge in [0, 0.05) is 35.7 Å². The highest BCUT2D eigenvalue weighted by molar-refractivity contribution is 6.31. The highest BCUT2D eigenvalue weighted by Crippen LogP contribution is 2.38. The van der Waals surface area contributed by atoms with Gasteiger partial charge >= 0.3 is 6.18 Å². The van der Waals surface area contributed by atoms with Gasteiger partial charge in [-0.25, -0.2) is 4.39 Å². The van der Waals surface area contributed by atoms with Crippen LogP contribution in [0.5, 0.6) is 0 Å². The molecule has 2 aromatic carbocycles. The third-order valence-corrected chi connectivity index (χ3v) is 4.52. The fourth-order valence-corrected chi connectivity index (χ4v) is 3.35. The average Bonchev–Trinajstić information content (AvgIpc) is 2.95. The summed E-state index contributed by atoms with van der Waals surface area (Å²) >= 11 is 0. The van der Waals surface area contributed by atoms with Gasteiger partial charge in [-0.1, -0.05) is 6.07 Å². The summed E-state index contributed by atoms with van der Waals surface area (Å²) in [5, 5.41) is 8.09. The second-order valence-corrected chi connectivity index (χ2v) is 7.38. The van der Waals surface area contributed by atoms with Crippen LogP contribution in [0, 0.1) is 5.82 Å². The number of nitrogens with one attached hydrogen (secondary N) is 3. The molecule has 1 unspecified atom stereocenters. The largest absolute Gasteiger partial charge is 0.418 e. The van der Waals surface area contributed by atoms with Crippen LogP contribution in [0.3, 0.4) is 0 Å². The lowest BCUT2D eigenvalue weighted by molar-refractivity contribution is -0.136. The van der Waals surface area contributed by atoms with Gasteiger partial charge in [-0.3, -0.25) is 4.79 Å². The van der Waals surface area contributed by atoms with Crippen molar-refractivity contribution < 1.29 is 22.4 Å². The number of likely N-dealkylation sites (N-methyl/N-ethyl adjacent to an activating group) is 1. The summed E-state index contributed by atoms with van der Waals surface area (Å²) in [6, 6.07) is 7.77. The number of fused-ring (bicyclic) bond motifs is 1. The number of anilines is 3. The minimum Gasteiger partial charge on any atom is -0.381 e. The smallest absolute Gasteiger partial charge is 0.381 e. The topological polar surface area (TPSA) is 56.4 Å². The zero-order valence-corrected chi connectivity index (χ0v) is 16.7. The first-order valence-electron chi connectivity index (χ1n) is 9.25. The standard InChI is InChI=1S/C21H22F4N4O/c1-12(11-29(2)3)27-17-8-7-13(9-15(17)21(23,24)25)26-10-14-19-16(22)5-4-6-18(19)28-20(14)30/h4-10,12,26-27H,11H2,1-3H3,(H,28,30). The molecule has 1 aliphatic rings. The first kappa shape index (κ1) is 21.6. The molecule has 0 bridgehead atoms. The van der Waals surface area contributed by atoms with Crippen molar-refractivity contribution in [2.45, 2.75) is 19.1 Å². The number of benzene rings is 2. The molecular formula is C21H22F4N4O. The summed E-state index contributed by atoms with van der Waals surface area (Å²) in [5.74, 6) is -1.13. The Morgan fingerprint density at radius 1 is 1.20 bits per heavy atom. The van der Waals surface area contributed by atoms with Gasteiger partial charge < -0.3 is 20.9 Å². The predicted octanol–water partition coefficient (Wildman–Crippen LogP) is 4.61. The van der Waals surface area contributed by atoms with Gasteiger partial charge in [0.25, 0.3) is 5.91 Å². The van der Waals surface area contributed by atoms with E-state index < -0.39 is 23.5 Å². The zero-order valence-electron chi connectivity index (χ0n) is 16.7. The Labute approximate surface area is 171 Å². The molecule has 0 saturated carbocycles. The molecule has 30 heavy (non-hydrogen) atoms. The fraction of sp³-hybridized carbons (Fsp3) is 0.286. The number of alkyl halides is 3. The quantitative estimate of drug-likeness (QED) is 0.470. The fourth-order valence-electron chi connectivity index (χ4n) is 3.35. The molecule has 1 heterocycles. The molecule has 2 aromatic rings. The Morgan fingerprint density at radius 3 is 2.60 bits per heavy atom. The van der Waals surface area contributed by atoms with E-state index in [2.05, 4.69) is 16.0 Å². The van der Waals surface area contributed by atoms with E-state index >= 15 is 0 Å². The molecule has 9 heteroatoms.